The molecule has 0 atom stereocenters. The highest BCUT2D eigenvalue weighted by molar-refractivity contribution is 5.67. The van der Waals surface area contributed by atoms with E-state index in [1.54, 1.807) is 6.08 Å². The van der Waals surface area contributed by atoms with Gasteiger partial charge in [0.1, 0.15) is 5.60 Å². The highest BCUT2D eigenvalue weighted by atomic mass is 16.6. The number of carbonyl (C=O) groups excluding carboxylic acids is 1. The number of nitrogens with one attached hydrogen (secondary N) is 1. The molecule has 0 heterocycles. The average molecular weight is 271 g/mol. The Morgan fingerprint density at radius 1 is 1.40 bits per heavy atom. The molecule has 3 heteroatoms. The predicted molar refractivity (Wildman–Crippen MR) is 82.3 cm³/mol. The van der Waals surface area contributed by atoms with E-state index >= 15 is 0 Å². The number of carbonyl (C=O) groups is 1. The van der Waals surface area contributed by atoms with Crippen molar-refractivity contribution in [3.63, 3.8) is 0 Å². The van der Waals surface area contributed by atoms with E-state index in [0.717, 1.165) is 11.1 Å². The van der Waals surface area contributed by atoms with Gasteiger partial charge in [-0.25, -0.2) is 4.79 Å². The molecule has 0 fully saturated rings. The van der Waals surface area contributed by atoms with Crippen molar-refractivity contribution < 1.29 is 9.53 Å². The van der Waals surface area contributed by atoms with Gasteiger partial charge in [-0.15, -0.1) is 0 Å². The largest absolute Gasteiger partial charge is 0.444 e. The number of amides is 1. The summed E-state index contributed by atoms with van der Waals surface area (Å²) in [5.74, 6) is 6.10. The number of hydrogen-bond donors (Lipinski definition) is 1. The van der Waals surface area contributed by atoms with Crippen LogP contribution in [-0.4, -0.2) is 18.2 Å². The maximum absolute atomic E-state index is 11.4. The highest BCUT2D eigenvalue weighted by Crippen LogP contribution is 2.08. The fourth-order valence-corrected chi connectivity index (χ4v) is 1.49. The fraction of sp³-hybridized carbons (Fsp3) is 0.353. The molecule has 1 aromatic rings. The molecule has 0 radical (unpaired) electrons. The number of hydrogen-bond acceptors (Lipinski definition) is 2. The van der Waals surface area contributed by atoms with Crippen LogP contribution >= 0.6 is 0 Å². The summed E-state index contributed by atoms with van der Waals surface area (Å²) in [6.45, 7) is 9.72. The standard InChI is InChI=1S/C17H21NO2/c1-5-14-10-6-7-11-15(14)12-8-9-13-18-16(19)20-17(2,3)4/h5-7,10-11H,1,9,13H2,2-4H3,(H,18,19). The SMILES string of the molecule is C=Cc1ccccc1C#CCCNC(=O)OC(C)(C)C. The van der Waals surface area contributed by atoms with Crippen LogP contribution in [0.4, 0.5) is 4.79 Å². The van der Waals surface area contributed by atoms with E-state index in [0.29, 0.717) is 13.0 Å². The molecule has 106 valence electrons. The monoisotopic (exact) mass is 271 g/mol. The lowest BCUT2D eigenvalue weighted by Crippen LogP contribution is -2.32. The van der Waals surface area contributed by atoms with Gasteiger partial charge in [-0.05, 0) is 32.4 Å². The van der Waals surface area contributed by atoms with Crippen LogP contribution in [0.3, 0.4) is 0 Å². The van der Waals surface area contributed by atoms with Crippen LogP contribution in [0.2, 0.25) is 0 Å². The summed E-state index contributed by atoms with van der Waals surface area (Å²) in [6, 6.07) is 7.81. The zero-order chi connectivity index (χ0) is 15.0. The molecule has 0 aliphatic rings. The van der Waals surface area contributed by atoms with Crippen LogP contribution in [-0.2, 0) is 4.74 Å². The second-order valence-electron chi connectivity index (χ2n) is 5.27. The van der Waals surface area contributed by atoms with Gasteiger partial charge in [0.2, 0.25) is 0 Å². The normalized spacial score (nSPS) is 10.2. The van der Waals surface area contributed by atoms with Crippen LogP contribution in [0, 0.1) is 11.8 Å². The third-order valence-electron chi connectivity index (χ3n) is 2.32. The molecular formula is C17H21NO2. The van der Waals surface area contributed by atoms with Gasteiger partial charge in [0.05, 0.1) is 0 Å². The Morgan fingerprint density at radius 3 is 2.75 bits per heavy atom. The summed E-state index contributed by atoms with van der Waals surface area (Å²) >= 11 is 0. The Hall–Kier alpha value is -2.21. The third kappa shape index (κ3) is 6.10. The Bertz CT molecular complexity index is 530. The quantitative estimate of drug-likeness (QED) is 0.674. The summed E-state index contributed by atoms with van der Waals surface area (Å²) in [5, 5.41) is 2.67. The maximum atomic E-state index is 11.4. The summed E-state index contributed by atoms with van der Waals surface area (Å²) in [4.78, 5) is 11.4. The van der Waals surface area contributed by atoms with E-state index in [-0.39, 0.29) is 0 Å². The van der Waals surface area contributed by atoms with Crippen LogP contribution < -0.4 is 5.32 Å². The first-order valence-electron chi connectivity index (χ1n) is 6.59. The van der Waals surface area contributed by atoms with Crippen molar-refractivity contribution >= 4 is 12.2 Å². The number of alkyl carbamates (subject to hydrolysis) is 1. The van der Waals surface area contributed by atoms with E-state index < -0.39 is 11.7 Å². The molecule has 1 amide bonds. The van der Waals surface area contributed by atoms with Crippen molar-refractivity contribution in [2.24, 2.45) is 0 Å². The molecule has 20 heavy (non-hydrogen) atoms. The van der Waals surface area contributed by atoms with Gasteiger partial charge >= 0.3 is 6.09 Å². The minimum Gasteiger partial charge on any atom is -0.444 e. The van der Waals surface area contributed by atoms with E-state index in [1.807, 2.05) is 45.0 Å². The molecule has 0 spiro atoms. The zero-order valence-electron chi connectivity index (χ0n) is 12.3. The molecule has 1 N–H and O–H groups in total. The van der Waals surface area contributed by atoms with Crippen molar-refractivity contribution in [1.82, 2.24) is 5.32 Å². The molecule has 1 aromatic carbocycles. The Kier molecular flexibility index (Phi) is 5.86. The minimum absolute atomic E-state index is 0.411. The Balaban J connectivity index is 2.40. The van der Waals surface area contributed by atoms with Crippen molar-refractivity contribution in [1.29, 1.82) is 0 Å². The summed E-state index contributed by atoms with van der Waals surface area (Å²) in [6.07, 6.45) is 1.94. The lowest BCUT2D eigenvalue weighted by molar-refractivity contribution is 0.0529. The van der Waals surface area contributed by atoms with E-state index in [9.17, 15) is 4.79 Å². The minimum atomic E-state index is -0.474. The molecule has 0 aromatic heterocycles. The van der Waals surface area contributed by atoms with E-state index in [4.69, 9.17) is 4.74 Å². The van der Waals surface area contributed by atoms with Crippen molar-refractivity contribution in [3.05, 3.63) is 42.0 Å². The molecule has 0 saturated heterocycles. The zero-order valence-corrected chi connectivity index (χ0v) is 12.3. The van der Waals surface area contributed by atoms with Gasteiger partial charge in [-0.3, -0.25) is 0 Å². The molecule has 1 rings (SSSR count). The van der Waals surface area contributed by atoms with Gasteiger partial charge in [-0.1, -0.05) is 42.7 Å². The second kappa shape index (κ2) is 7.40. The van der Waals surface area contributed by atoms with E-state index in [1.165, 1.54) is 0 Å². The first kappa shape index (κ1) is 15.8. The van der Waals surface area contributed by atoms with Crippen molar-refractivity contribution in [3.8, 4) is 11.8 Å². The first-order chi connectivity index (χ1) is 9.42. The summed E-state index contributed by atoms with van der Waals surface area (Å²) < 4.78 is 5.13. The lowest BCUT2D eigenvalue weighted by Gasteiger charge is -2.19. The highest BCUT2D eigenvalue weighted by Gasteiger charge is 2.15. The molecule has 0 saturated carbocycles. The topological polar surface area (TPSA) is 38.3 Å². The molecule has 3 nitrogen and oxygen atoms in total. The van der Waals surface area contributed by atoms with Crippen molar-refractivity contribution in [2.45, 2.75) is 32.8 Å². The fourth-order valence-electron chi connectivity index (χ4n) is 1.49. The number of rotatable bonds is 3. The van der Waals surface area contributed by atoms with E-state index in [2.05, 4.69) is 23.7 Å². The molecule has 0 aliphatic carbocycles. The van der Waals surface area contributed by atoms with Crippen LogP contribution in [0.5, 0.6) is 0 Å². The Labute approximate surface area is 121 Å². The van der Waals surface area contributed by atoms with Gasteiger partial charge in [-0.2, -0.15) is 0 Å². The molecular weight excluding hydrogens is 250 g/mol. The second-order valence-corrected chi connectivity index (χ2v) is 5.27. The maximum Gasteiger partial charge on any atom is 0.407 e. The first-order valence-corrected chi connectivity index (χ1v) is 6.59. The van der Waals surface area contributed by atoms with Gasteiger partial charge in [0.15, 0.2) is 0 Å². The average Bonchev–Trinajstić information content (AvgIpc) is 2.36. The van der Waals surface area contributed by atoms with Crippen molar-refractivity contribution in [2.75, 3.05) is 6.54 Å². The molecule has 0 aliphatic heterocycles. The van der Waals surface area contributed by atoms with Gasteiger partial charge in [0.25, 0.3) is 0 Å². The third-order valence-corrected chi connectivity index (χ3v) is 2.32. The van der Waals surface area contributed by atoms with Crippen LogP contribution in [0.25, 0.3) is 6.08 Å². The number of ether oxygens (including phenoxy) is 1. The van der Waals surface area contributed by atoms with Crippen LogP contribution in [0.15, 0.2) is 30.8 Å². The Morgan fingerprint density at radius 2 is 2.10 bits per heavy atom. The number of benzene rings is 1. The predicted octanol–water partition coefficient (Wildman–Crippen LogP) is 3.60. The molecule has 0 bridgehead atoms. The van der Waals surface area contributed by atoms with Gasteiger partial charge < -0.3 is 10.1 Å². The summed E-state index contributed by atoms with van der Waals surface area (Å²) in [5.41, 5.74) is 1.48. The smallest absolute Gasteiger partial charge is 0.407 e. The van der Waals surface area contributed by atoms with Crippen LogP contribution in [0.1, 0.15) is 38.3 Å². The molecule has 0 unspecified atom stereocenters. The summed E-state index contributed by atoms with van der Waals surface area (Å²) in [7, 11) is 0. The van der Waals surface area contributed by atoms with Gasteiger partial charge in [0, 0.05) is 18.5 Å². The lowest BCUT2D eigenvalue weighted by atomic mass is 10.1.